The molecular formula is C15H21N3O4. The van der Waals surface area contributed by atoms with E-state index in [9.17, 15) is 14.9 Å². The average molecular weight is 307 g/mol. The zero-order valence-corrected chi connectivity index (χ0v) is 12.8. The summed E-state index contributed by atoms with van der Waals surface area (Å²) in [6.45, 7) is 3.16. The molecule has 7 nitrogen and oxygen atoms in total. The number of carbonyl (C=O) groups excluding carboxylic acids is 1. The summed E-state index contributed by atoms with van der Waals surface area (Å²) < 4.78 is 5.02. The van der Waals surface area contributed by atoms with Crippen LogP contribution in [0.15, 0.2) is 18.2 Å². The third-order valence-electron chi connectivity index (χ3n) is 4.24. The lowest BCUT2D eigenvalue weighted by Gasteiger charge is -2.39. The smallest absolute Gasteiger partial charge is 0.310 e. The number of carbonyl (C=O) groups is 1. The van der Waals surface area contributed by atoms with Crippen molar-refractivity contribution in [3.8, 4) is 5.75 Å². The summed E-state index contributed by atoms with van der Waals surface area (Å²) in [5.41, 5.74) is 6.04. The van der Waals surface area contributed by atoms with Crippen molar-refractivity contribution < 1.29 is 14.5 Å². The van der Waals surface area contributed by atoms with E-state index in [1.54, 1.807) is 4.90 Å². The van der Waals surface area contributed by atoms with Gasteiger partial charge in [0.15, 0.2) is 5.75 Å². The molecule has 0 radical (unpaired) electrons. The van der Waals surface area contributed by atoms with Gasteiger partial charge in [-0.1, -0.05) is 6.92 Å². The Labute approximate surface area is 129 Å². The van der Waals surface area contributed by atoms with Crippen LogP contribution in [0.1, 0.15) is 30.1 Å². The van der Waals surface area contributed by atoms with Crippen molar-refractivity contribution in [2.75, 3.05) is 20.2 Å². The van der Waals surface area contributed by atoms with Crippen LogP contribution in [0.2, 0.25) is 0 Å². The molecule has 7 heteroatoms. The molecule has 1 saturated heterocycles. The lowest BCUT2D eigenvalue weighted by atomic mass is 9.90. The molecule has 0 saturated carbocycles. The minimum Gasteiger partial charge on any atom is -0.490 e. The van der Waals surface area contributed by atoms with Crippen LogP contribution in [0.25, 0.3) is 0 Å². The van der Waals surface area contributed by atoms with Crippen LogP contribution in [-0.2, 0) is 0 Å². The molecule has 0 aliphatic carbocycles. The number of amides is 1. The fourth-order valence-electron chi connectivity index (χ4n) is 2.99. The Bertz CT molecular complexity index is 576. The number of hydrogen-bond acceptors (Lipinski definition) is 5. The van der Waals surface area contributed by atoms with Crippen molar-refractivity contribution >= 4 is 11.6 Å². The summed E-state index contributed by atoms with van der Waals surface area (Å²) in [6, 6.07) is 4.20. The third kappa shape index (κ3) is 3.04. The Balaban J connectivity index is 2.30. The number of rotatable bonds is 4. The highest BCUT2D eigenvalue weighted by Crippen LogP contribution is 2.30. The summed E-state index contributed by atoms with van der Waals surface area (Å²) in [6.07, 6.45) is 1.99. The van der Waals surface area contributed by atoms with E-state index in [-0.39, 0.29) is 23.4 Å². The fraction of sp³-hybridized carbons (Fsp3) is 0.533. The lowest BCUT2D eigenvalue weighted by Crippen LogP contribution is -2.51. The number of piperidine rings is 1. The molecule has 22 heavy (non-hydrogen) atoms. The highest BCUT2D eigenvalue weighted by atomic mass is 16.6. The second-order valence-corrected chi connectivity index (χ2v) is 5.56. The molecule has 0 bridgehead atoms. The molecule has 2 unspecified atom stereocenters. The van der Waals surface area contributed by atoms with E-state index in [0.717, 1.165) is 12.8 Å². The first-order valence-electron chi connectivity index (χ1n) is 7.33. The lowest BCUT2D eigenvalue weighted by molar-refractivity contribution is -0.385. The standard InChI is InChI=1S/C15H21N3O4/c1-10-4-3-7-17(13(10)9-16)15(19)11-5-6-12(18(20)21)14(8-11)22-2/h5-6,8,10,13H,3-4,7,9,16H2,1-2H3. The van der Waals surface area contributed by atoms with Gasteiger partial charge < -0.3 is 15.4 Å². The summed E-state index contributed by atoms with van der Waals surface area (Å²) in [5, 5.41) is 10.9. The van der Waals surface area contributed by atoms with Crippen LogP contribution in [0.3, 0.4) is 0 Å². The zero-order chi connectivity index (χ0) is 16.3. The first kappa shape index (κ1) is 16.2. The Morgan fingerprint density at radius 3 is 2.86 bits per heavy atom. The molecule has 1 aromatic rings. The van der Waals surface area contributed by atoms with Crippen LogP contribution in [-0.4, -0.2) is 42.0 Å². The number of nitrogens with zero attached hydrogens (tertiary/aromatic N) is 2. The predicted octanol–water partition coefficient (Wildman–Crippen LogP) is 1.80. The van der Waals surface area contributed by atoms with Gasteiger partial charge >= 0.3 is 5.69 Å². The molecule has 2 N–H and O–H groups in total. The number of likely N-dealkylation sites (tertiary alicyclic amines) is 1. The Kier molecular flexibility index (Phi) is 4.97. The van der Waals surface area contributed by atoms with Gasteiger partial charge in [0.05, 0.1) is 12.0 Å². The number of nitro groups is 1. The van der Waals surface area contributed by atoms with Crippen LogP contribution in [0, 0.1) is 16.0 Å². The number of hydrogen-bond donors (Lipinski definition) is 1. The van der Waals surface area contributed by atoms with Crippen LogP contribution in [0.4, 0.5) is 5.69 Å². The number of ether oxygens (including phenoxy) is 1. The molecule has 1 amide bonds. The minimum atomic E-state index is -0.529. The van der Waals surface area contributed by atoms with E-state index in [0.29, 0.717) is 24.6 Å². The van der Waals surface area contributed by atoms with Crippen molar-refractivity contribution in [3.05, 3.63) is 33.9 Å². The number of nitro benzene ring substituents is 1. The maximum absolute atomic E-state index is 12.7. The second-order valence-electron chi connectivity index (χ2n) is 5.56. The van der Waals surface area contributed by atoms with Gasteiger partial charge in [0.25, 0.3) is 5.91 Å². The minimum absolute atomic E-state index is 0.00226. The quantitative estimate of drug-likeness (QED) is 0.675. The van der Waals surface area contributed by atoms with Crippen molar-refractivity contribution in [1.82, 2.24) is 4.90 Å². The predicted molar refractivity (Wildman–Crippen MR) is 81.9 cm³/mol. The summed E-state index contributed by atoms with van der Waals surface area (Å²) in [4.78, 5) is 24.9. The molecule has 2 atom stereocenters. The second kappa shape index (κ2) is 6.74. The van der Waals surface area contributed by atoms with Gasteiger partial charge in [-0.3, -0.25) is 14.9 Å². The van der Waals surface area contributed by atoms with Crippen LogP contribution >= 0.6 is 0 Å². The molecule has 1 heterocycles. The summed E-state index contributed by atoms with van der Waals surface area (Å²) in [5.74, 6) is 0.281. The molecule has 1 aliphatic heterocycles. The van der Waals surface area contributed by atoms with E-state index in [1.807, 2.05) is 0 Å². The van der Waals surface area contributed by atoms with E-state index in [4.69, 9.17) is 10.5 Å². The summed E-state index contributed by atoms with van der Waals surface area (Å²) in [7, 11) is 1.35. The van der Waals surface area contributed by atoms with Gasteiger partial charge in [-0.25, -0.2) is 0 Å². The molecule has 0 spiro atoms. The van der Waals surface area contributed by atoms with Crippen LogP contribution in [0.5, 0.6) is 5.75 Å². The number of methoxy groups -OCH3 is 1. The SMILES string of the molecule is COc1cc(C(=O)N2CCCC(C)C2CN)ccc1[N+](=O)[O-]. The first-order valence-corrected chi connectivity index (χ1v) is 7.33. The molecular weight excluding hydrogens is 286 g/mol. The normalized spacial score (nSPS) is 21.5. The van der Waals surface area contributed by atoms with E-state index >= 15 is 0 Å². The molecule has 1 fully saturated rings. The highest BCUT2D eigenvalue weighted by Gasteiger charge is 2.32. The van der Waals surface area contributed by atoms with Crippen LogP contribution < -0.4 is 10.5 Å². The third-order valence-corrected chi connectivity index (χ3v) is 4.24. The largest absolute Gasteiger partial charge is 0.490 e. The van der Waals surface area contributed by atoms with Crippen molar-refractivity contribution in [2.24, 2.45) is 11.7 Å². The van der Waals surface area contributed by atoms with Gasteiger partial charge in [0.1, 0.15) is 0 Å². The van der Waals surface area contributed by atoms with Gasteiger partial charge in [0, 0.05) is 36.8 Å². The molecule has 1 aliphatic rings. The molecule has 1 aromatic carbocycles. The number of nitrogens with two attached hydrogens (primary N) is 1. The van der Waals surface area contributed by atoms with E-state index < -0.39 is 4.92 Å². The average Bonchev–Trinajstić information content (AvgIpc) is 2.53. The number of benzene rings is 1. The zero-order valence-electron chi connectivity index (χ0n) is 12.8. The summed E-state index contributed by atoms with van der Waals surface area (Å²) >= 11 is 0. The molecule has 0 aromatic heterocycles. The molecule has 2 rings (SSSR count). The van der Waals surface area contributed by atoms with E-state index in [2.05, 4.69) is 6.92 Å². The maximum atomic E-state index is 12.7. The van der Waals surface area contributed by atoms with Gasteiger partial charge in [-0.15, -0.1) is 0 Å². The first-order chi connectivity index (χ1) is 10.5. The van der Waals surface area contributed by atoms with Crippen molar-refractivity contribution in [3.63, 3.8) is 0 Å². The van der Waals surface area contributed by atoms with Gasteiger partial charge in [-0.05, 0) is 24.8 Å². The highest BCUT2D eigenvalue weighted by molar-refractivity contribution is 5.95. The Hall–Kier alpha value is -2.15. The van der Waals surface area contributed by atoms with Crippen molar-refractivity contribution in [1.29, 1.82) is 0 Å². The van der Waals surface area contributed by atoms with E-state index in [1.165, 1.54) is 25.3 Å². The Morgan fingerprint density at radius 1 is 1.55 bits per heavy atom. The van der Waals surface area contributed by atoms with Gasteiger partial charge in [-0.2, -0.15) is 0 Å². The Morgan fingerprint density at radius 2 is 2.27 bits per heavy atom. The van der Waals surface area contributed by atoms with Crippen molar-refractivity contribution in [2.45, 2.75) is 25.8 Å². The fourth-order valence-corrected chi connectivity index (χ4v) is 2.99. The molecule has 120 valence electrons. The maximum Gasteiger partial charge on any atom is 0.310 e. The monoisotopic (exact) mass is 307 g/mol. The topological polar surface area (TPSA) is 98.7 Å². The van der Waals surface area contributed by atoms with Gasteiger partial charge in [0.2, 0.25) is 0 Å².